The van der Waals surface area contributed by atoms with E-state index in [9.17, 15) is 9.18 Å². The Balaban J connectivity index is 2.91. The molecule has 0 amide bonds. The van der Waals surface area contributed by atoms with Gasteiger partial charge in [-0.25, -0.2) is 4.39 Å². The summed E-state index contributed by atoms with van der Waals surface area (Å²) in [6.07, 6.45) is 1.64. The van der Waals surface area contributed by atoms with Crippen molar-refractivity contribution in [2.24, 2.45) is 0 Å². The second kappa shape index (κ2) is 5.27. The molecule has 0 aliphatic carbocycles. The van der Waals surface area contributed by atoms with E-state index in [0.29, 0.717) is 22.1 Å². The Morgan fingerprint density at radius 3 is 2.30 bits per heavy atom. The highest BCUT2D eigenvalue weighted by Crippen LogP contribution is 2.29. The Hall–Kier alpha value is -1.84. The maximum atomic E-state index is 14.1. The molecule has 0 aliphatic heterocycles. The first-order chi connectivity index (χ1) is 9.36. The minimum absolute atomic E-state index is 0.0216. The Kier molecular flexibility index (Phi) is 3.84. The number of hydrogen-bond acceptors (Lipinski definition) is 2. The van der Waals surface area contributed by atoms with E-state index in [4.69, 9.17) is 4.74 Å². The lowest BCUT2D eigenvalue weighted by atomic mass is 9.99. The number of halogens is 1. The van der Waals surface area contributed by atoms with Crippen molar-refractivity contribution in [1.82, 2.24) is 4.57 Å². The molecule has 0 spiro atoms. The molecule has 0 saturated heterocycles. The van der Waals surface area contributed by atoms with Gasteiger partial charge in [-0.05, 0) is 37.5 Å². The average molecular weight is 277 g/mol. The van der Waals surface area contributed by atoms with Gasteiger partial charge in [0.05, 0.1) is 18.7 Å². The van der Waals surface area contributed by atoms with Crippen molar-refractivity contribution in [2.75, 3.05) is 7.11 Å². The number of benzene rings is 1. The third kappa shape index (κ3) is 2.30. The van der Waals surface area contributed by atoms with Crippen LogP contribution in [0.5, 0.6) is 5.75 Å². The number of nitrogens with zero attached hydrogens (tertiary/aromatic N) is 1. The zero-order chi connectivity index (χ0) is 15.0. The van der Waals surface area contributed by atoms with E-state index < -0.39 is 0 Å². The first kappa shape index (κ1) is 14.6. The summed E-state index contributed by atoms with van der Waals surface area (Å²) in [7, 11) is 1.53. The first-order valence-corrected chi connectivity index (χ1v) is 6.79. The summed E-state index contributed by atoms with van der Waals surface area (Å²) in [5.41, 5.74) is 0.441. The normalized spacial score (nSPS) is 11.6. The molecule has 1 heterocycles. The van der Waals surface area contributed by atoms with Gasteiger partial charge in [-0.15, -0.1) is 0 Å². The van der Waals surface area contributed by atoms with Crippen molar-refractivity contribution in [3.8, 4) is 5.75 Å². The quantitative estimate of drug-likeness (QED) is 0.853. The van der Waals surface area contributed by atoms with Crippen molar-refractivity contribution < 1.29 is 9.13 Å². The maximum absolute atomic E-state index is 14.1. The molecule has 0 saturated carbocycles. The molecular weight excluding hydrogens is 257 g/mol. The van der Waals surface area contributed by atoms with Gasteiger partial charge in [0.15, 0.2) is 0 Å². The Morgan fingerprint density at radius 2 is 1.80 bits per heavy atom. The third-order valence-electron chi connectivity index (χ3n) is 3.52. The fourth-order valence-electron chi connectivity index (χ4n) is 2.35. The molecule has 4 heteroatoms. The predicted octanol–water partition coefficient (Wildman–Crippen LogP) is 3.85. The predicted molar refractivity (Wildman–Crippen MR) is 79.2 cm³/mol. The van der Waals surface area contributed by atoms with Crippen molar-refractivity contribution in [2.45, 2.75) is 39.7 Å². The lowest BCUT2D eigenvalue weighted by Gasteiger charge is -2.16. The number of rotatable bonds is 3. The van der Waals surface area contributed by atoms with Gasteiger partial charge < -0.3 is 9.30 Å². The van der Waals surface area contributed by atoms with Crippen LogP contribution in [-0.4, -0.2) is 11.7 Å². The number of pyridine rings is 1. The number of methoxy groups -OCH3 is 1. The smallest absolute Gasteiger partial charge is 0.258 e. The van der Waals surface area contributed by atoms with Crippen LogP contribution < -0.4 is 10.3 Å². The van der Waals surface area contributed by atoms with Crippen LogP contribution in [-0.2, 0) is 0 Å². The van der Waals surface area contributed by atoms with E-state index in [0.717, 1.165) is 0 Å². The fraction of sp³-hybridized carbons (Fsp3) is 0.438. The molecule has 0 fully saturated rings. The van der Waals surface area contributed by atoms with Crippen molar-refractivity contribution in [3.63, 3.8) is 0 Å². The number of ether oxygens (including phenoxy) is 1. The van der Waals surface area contributed by atoms with Gasteiger partial charge in [0.25, 0.3) is 5.56 Å². The summed E-state index contributed by atoms with van der Waals surface area (Å²) >= 11 is 0. The fourth-order valence-corrected chi connectivity index (χ4v) is 2.35. The Morgan fingerprint density at radius 1 is 1.15 bits per heavy atom. The molecule has 0 N–H and O–H groups in total. The molecule has 108 valence electrons. The summed E-state index contributed by atoms with van der Waals surface area (Å²) in [6.45, 7) is 7.68. The zero-order valence-corrected chi connectivity index (χ0v) is 12.5. The van der Waals surface area contributed by atoms with Crippen LogP contribution in [0, 0.1) is 5.82 Å². The minimum atomic E-state index is -0.299. The number of fused-ring (bicyclic) bond motifs is 1. The van der Waals surface area contributed by atoms with E-state index in [-0.39, 0.29) is 23.3 Å². The third-order valence-corrected chi connectivity index (χ3v) is 3.52. The van der Waals surface area contributed by atoms with Gasteiger partial charge in [0.2, 0.25) is 0 Å². The first-order valence-electron chi connectivity index (χ1n) is 6.79. The van der Waals surface area contributed by atoms with Gasteiger partial charge in [0.1, 0.15) is 11.6 Å². The van der Waals surface area contributed by atoms with Crippen LogP contribution in [0.1, 0.15) is 45.2 Å². The Bertz CT molecular complexity index is 702. The van der Waals surface area contributed by atoms with Crippen molar-refractivity contribution >= 4 is 10.8 Å². The Labute approximate surface area is 118 Å². The minimum Gasteiger partial charge on any atom is -0.495 e. The number of aromatic nitrogens is 1. The van der Waals surface area contributed by atoms with Gasteiger partial charge >= 0.3 is 0 Å². The highest BCUT2D eigenvalue weighted by Gasteiger charge is 2.16. The van der Waals surface area contributed by atoms with E-state index in [1.165, 1.54) is 13.2 Å². The van der Waals surface area contributed by atoms with Gasteiger partial charge in [-0.1, -0.05) is 13.8 Å². The zero-order valence-electron chi connectivity index (χ0n) is 12.5. The van der Waals surface area contributed by atoms with Crippen LogP contribution >= 0.6 is 0 Å². The van der Waals surface area contributed by atoms with Crippen LogP contribution in [0.4, 0.5) is 4.39 Å². The van der Waals surface area contributed by atoms with Gasteiger partial charge in [0, 0.05) is 11.4 Å². The molecule has 2 rings (SSSR count). The second-order valence-corrected chi connectivity index (χ2v) is 5.58. The summed E-state index contributed by atoms with van der Waals surface area (Å²) in [6, 6.07) is 3.07. The summed E-state index contributed by atoms with van der Waals surface area (Å²) in [5.74, 6) is 0.243. The van der Waals surface area contributed by atoms with Crippen LogP contribution in [0.3, 0.4) is 0 Å². The maximum Gasteiger partial charge on any atom is 0.258 e. The van der Waals surface area contributed by atoms with Crippen LogP contribution in [0.25, 0.3) is 10.8 Å². The lowest BCUT2D eigenvalue weighted by molar-refractivity contribution is 0.410. The molecule has 0 unspecified atom stereocenters. The van der Waals surface area contributed by atoms with Gasteiger partial charge in [-0.3, -0.25) is 4.79 Å². The monoisotopic (exact) mass is 277 g/mol. The molecule has 0 atom stereocenters. The molecule has 1 aromatic heterocycles. The topological polar surface area (TPSA) is 31.2 Å². The van der Waals surface area contributed by atoms with E-state index in [1.807, 2.05) is 27.7 Å². The molecule has 3 nitrogen and oxygen atoms in total. The van der Waals surface area contributed by atoms with E-state index in [1.54, 1.807) is 16.8 Å². The van der Waals surface area contributed by atoms with Crippen LogP contribution in [0.2, 0.25) is 0 Å². The second-order valence-electron chi connectivity index (χ2n) is 5.58. The molecule has 0 aliphatic rings. The SMILES string of the molecule is COc1cn(C(C)C)c(=O)c2cc(C(C)C)c(F)cc12. The van der Waals surface area contributed by atoms with Crippen molar-refractivity contribution in [1.29, 1.82) is 0 Å². The van der Waals surface area contributed by atoms with E-state index in [2.05, 4.69) is 0 Å². The summed E-state index contributed by atoms with van der Waals surface area (Å²) < 4.78 is 21.0. The van der Waals surface area contributed by atoms with E-state index >= 15 is 0 Å². The molecule has 0 radical (unpaired) electrons. The standard InChI is InChI=1S/C16H20FNO2/c1-9(2)11-6-13-12(7-14(11)17)15(20-5)8-18(10(3)4)16(13)19/h6-10H,1-5H3. The lowest BCUT2D eigenvalue weighted by Crippen LogP contribution is -2.22. The molecule has 2 aromatic rings. The summed E-state index contributed by atoms with van der Waals surface area (Å²) in [4.78, 5) is 12.5. The van der Waals surface area contributed by atoms with Crippen molar-refractivity contribution in [3.05, 3.63) is 40.1 Å². The molecule has 1 aromatic carbocycles. The molecular formula is C16H20FNO2. The molecule has 0 bridgehead atoms. The van der Waals surface area contributed by atoms with Gasteiger partial charge in [-0.2, -0.15) is 0 Å². The largest absolute Gasteiger partial charge is 0.495 e. The highest BCUT2D eigenvalue weighted by atomic mass is 19.1. The highest BCUT2D eigenvalue weighted by molar-refractivity contribution is 5.88. The average Bonchev–Trinajstić information content (AvgIpc) is 2.37. The van der Waals surface area contributed by atoms with Crippen LogP contribution in [0.15, 0.2) is 23.1 Å². The summed E-state index contributed by atoms with van der Waals surface area (Å²) in [5, 5.41) is 1.03. The molecule has 20 heavy (non-hydrogen) atoms. The number of hydrogen-bond donors (Lipinski definition) is 0.